The number of aromatic amines is 1. The number of rotatable bonds is 4. The largest absolute Gasteiger partial charge is 0.354 e. The second-order valence-electron chi connectivity index (χ2n) is 10.8. The molecule has 2 heterocycles. The molecule has 1 saturated carbocycles. The number of nitrogens with zero attached hydrogens (tertiary/aromatic N) is 2. The molecule has 10 nitrogen and oxygen atoms in total. The first-order valence-electron chi connectivity index (χ1n) is 14.2. The molecule has 0 unspecified atom stereocenters. The molecule has 1 fully saturated rings. The lowest BCUT2D eigenvalue weighted by Gasteiger charge is -2.24. The minimum atomic E-state index is -0.584. The van der Waals surface area contributed by atoms with Crippen LogP contribution in [0.3, 0.4) is 0 Å². The number of imidazole rings is 1. The summed E-state index contributed by atoms with van der Waals surface area (Å²) in [4.78, 5) is 56.4. The van der Waals surface area contributed by atoms with Gasteiger partial charge in [0.2, 0.25) is 11.8 Å². The summed E-state index contributed by atoms with van der Waals surface area (Å²) in [5.41, 5.74) is 1.60. The smallest absolute Gasteiger partial charge is 0.326 e. The van der Waals surface area contributed by atoms with Gasteiger partial charge in [-0.05, 0) is 75.2 Å². The van der Waals surface area contributed by atoms with Crippen LogP contribution in [0, 0.1) is 11.8 Å². The van der Waals surface area contributed by atoms with E-state index in [1.807, 2.05) is 13.8 Å². The number of hydrogen-bond acceptors (Lipinski definition) is 5. The van der Waals surface area contributed by atoms with Gasteiger partial charge >= 0.3 is 5.69 Å². The van der Waals surface area contributed by atoms with Gasteiger partial charge in [0.1, 0.15) is 6.04 Å². The summed E-state index contributed by atoms with van der Waals surface area (Å²) < 4.78 is 1.60. The van der Waals surface area contributed by atoms with Gasteiger partial charge in [-0.25, -0.2) is 4.79 Å². The van der Waals surface area contributed by atoms with Crippen LogP contribution in [0.15, 0.2) is 23.0 Å². The maximum absolute atomic E-state index is 13.0. The van der Waals surface area contributed by atoms with Crippen molar-refractivity contribution in [3.63, 3.8) is 0 Å². The first kappa shape index (κ1) is 27.9. The lowest BCUT2D eigenvalue weighted by molar-refractivity contribution is -0.130. The molecule has 0 saturated heterocycles. The summed E-state index contributed by atoms with van der Waals surface area (Å²) in [5, 5.41) is 8.92. The van der Waals surface area contributed by atoms with Gasteiger partial charge in [-0.2, -0.15) is 0 Å². The standard InChI is InChI=1S/C28H42N6O4/c1-3-19(2)25-27(37)30-13-6-16-34-23-17-21(10-11-22(23)31-28(34)38)26(36)29-12-5-15-33(18-20-8-9-20)14-4-7-24(35)32-25/h10-11,17,19-20,25H,3-9,12-16,18H2,1-2H3,(H,29,36)(H,30,37)(H,31,38)(H,32,35)/t19-,25-/m0/s1. The summed E-state index contributed by atoms with van der Waals surface area (Å²) in [5.74, 6) is 0.283. The maximum atomic E-state index is 13.0. The number of hydrogen-bond donors (Lipinski definition) is 4. The highest BCUT2D eigenvalue weighted by atomic mass is 16.2. The summed E-state index contributed by atoms with van der Waals surface area (Å²) in [6, 6.07) is 4.65. The van der Waals surface area contributed by atoms with E-state index in [1.165, 1.54) is 12.8 Å². The zero-order chi connectivity index (χ0) is 27.1. The predicted octanol–water partition coefficient (Wildman–Crippen LogP) is 1.99. The zero-order valence-electron chi connectivity index (χ0n) is 22.7. The van der Waals surface area contributed by atoms with E-state index in [0.717, 1.165) is 44.8 Å². The number of carbonyl (C=O) groups is 3. The van der Waals surface area contributed by atoms with E-state index in [9.17, 15) is 19.2 Å². The van der Waals surface area contributed by atoms with E-state index in [-0.39, 0.29) is 29.3 Å². The van der Waals surface area contributed by atoms with Crippen LogP contribution in [0.25, 0.3) is 11.0 Å². The number of aryl methyl sites for hydroxylation is 1. The molecule has 2 aromatic rings. The van der Waals surface area contributed by atoms with Crippen LogP contribution in [0.1, 0.15) is 69.2 Å². The molecule has 1 aliphatic carbocycles. The Morgan fingerprint density at radius 1 is 0.974 bits per heavy atom. The lowest BCUT2D eigenvalue weighted by Crippen LogP contribution is -2.50. The van der Waals surface area contributed by atoms with Crippen LogP contribution in [0.5, 0.6) is 0 Å². The van der Waals surface area contributed by atoms with E-state index in [4.69, 9.17) is 0 Å². The Morgan fingerprint density at radius 2 is 1.71 bits per heavy atom. The SMILES string of the molecule is CC[C@H](C)[C@@H]1NC(=O)CCCN(CC2CC2)CCCNC(=O)c2ccc3[nH]c(=O)n(c3c2)CCCNC1=O. The van der Waals surface area contributed by atoms with Gasteiger partial charge in [-0.15, -0.1) is 0 Å². The van der Waals surface area contributed by atoms with Crippen molar-refractivity contribution in [1.82, 2.24) is 30.4 Å². The van der Waals surface area contributed by atoms with Gasteiger partial charge < -0.3 is 25.8 Å². The van der Waals surface area contributed by atoms with Gasteiger partial charge in [0.15, 0.2) is 0 Å². The number of nitrogens with one attached hydrogen (secondary N) is 4. The normalized spacial score (nSPS) is 22.4. The summed E-state index contributed by atoms with van der Waals surface area (Å²) in [6.45, 7) is 8.00. The van der Waals surface area contributed by atoms with E-state index in [0.29, 0.717) is 49.1 Å². The fourth-order valence-corrected chi connectivity index (χ4v) is 5.05. The van der Waals surface area contributed by atoms with Crippen molar-refractivity contribution in [1.29, 1.82) is 0 Å². The molecule has 208 valence electrons. The highest BCUT2D eigenvalue weighted by Gasteiger charge is 2.26. The summed E-state index contributed by atoms with van der Waals surface area (Å²) >= 11 is 0. The zero-order valence-corrected chi connectivity index (χ0v) is 22.7. The molecular formula is C28H42N6O4. The number of H-pyrrole nitrogens is 1. The molecule has 4 rings (SSSR count). The van der Waals surface area contributed by atoms with Crippen molar-refractivity contribution in [3.05, 3.63) is 34.2 Å². The van der Waals surface area contributed by atoms with Crippen LogP contribution >= 0.6 is 0 Å². The Morgan fingerprint density at radius 3 is 2.47 bits per heavy atom. The first-order chi connectivity index (χ1) is 18.4. The molecule has 38 heavy (non-hydrogen) atoms. The molecule has 1 aromatic heterocycles. The molecular weight excluding hydrogens is 484 g/mol. The van der Waals surface area contributed by atoms with Crippen molar-refractivity contribution in [2.45, 2.75) is 71.4 Å². The number of benzene rings is 1. The van der Waals surface area contributed by atoms with Crippen LogP contribution in [-0.2, 0) is 16.1 Å². The van der Waals surface area contributed by atoms with Crippen LogP contribution < -0.4 is 21.6 Å². The highest BCUT2D eigenvalue weighted by Crippen LogP contribution is 2.29. The first-order valence-corrected chi connectivity index (χ1v) is 14.2. The quantitative estimate of drug-likeness (QED) is 0.485. The second-order valence-corrected chi connectivity index (χ2v) is 10.8. The average Bonchev–Trinajstić information content (AvgIpc) is 3.66. The molecule has 4 N–H and O–H groups in total. The monoisotopic (exact) mass is 526 g/mol. The maximum Gasteiger partial charge on any atom is 0.326 e. The van der Waals surface area contributed by atoms with E-state index in [2.05, 4.69) is 25.8 Å². The van der Waals surface area contributed by atoms with Crippen LogP contribution in [0.2, 0.25) is 0 Å². The molecule has 2 atom stereocenters. The highest BCUT2D eigenvalue weighted by molar-refractivity contribution is 5.97. The molecule has 1 aromatic carbocycles. The number of amides is 3. The molecule has 1 aliphatic heterocycles. The van der Waals surface area contributed by atoms with Crippen molar-refractivity contribution >= 4 is 28.8 Å². The van der Waals surface area contributed by atoms with Crippen molar-refractivity contribution < 1.29 is 14.4 Å². The Bertz CT molecular complexity index is 1180. The fourth-order valence-electron chi connectivity index (χ4n) is 5.05. The van der Waals surface area contributed by atoms with Crippen molar-refractivity contribution in [3.8, 4) is 0 Å². The topological polar surface area (TPSA) is 128 Å². The van der Waals surface area contributed by atoms with Gasteiger partial charge in [0.05, 0.1) is 11.0 Å². The minimum absolute atomic E-state index is 0.00613. The third-order valence-electron chi connectivity index (χ3n) is 7.74. The van der Waals surface area contributed by atoms with Gasteiger partial charge in [-0.1, -0.05) is 20.3 Å². The molecule has 2 aliphatic rings. The number of fused-ring (bicyclic) bond motifs is 1. The Balaban J connectivity index is 1.50. The van der Waals surface area contributed by atoms with Crippen molar-refractivity contribution in [2.75, 3.05) is 32.7 Å². The summed E-state index contributed by atoms with van der Waals surface area (Å²) in [6.07, 6.45) is 5.74. The minimum Gasteiger partial charge on any atom is -0.354 e. The van der Waals surface area contributed by atoms with Crippen LogP contribution in [0.4, 0.5) is 0 Å². The summed E-state index contributed by atoms with van der Waals surface area (Å²) in [7, 11) is 0. The molecule has 0 spiro atoms. The third-order valence-corrected chi connectivity index (χ3v) is 7.74. The number of carbonyl (C=O) groups excluding carboxylic acids is 3. The molecule has 0 radical (unpaired) electrons. The van der Waals surface area contributed by atoms with Crippen LogP contribution in [-0.4, -0.2) is 70.9 Å². The molecule has 10 heteroatoms. The third kappa shape index (κ3) is 7.46. The predicted molar refractivity (Wildman–Crippen MR) is 147 cm³/mol. The van der Waals surface area contributed by atoms with E-state index in [1.54, 1.807) is 22.8 Å². The van der Waals surface area contributed by atoms with E-state index < -0.39 is 6.04 Å². The second kappa shape index (κ2) is 13.1. The Kier molecular flexibility index (Phi) is 9.60. The molecule has 3 amide bonds. The van der Waals surface area contributed by atoms with Crippen molar-refractivity contribution in [2.24, 2.45) is 11.8 Å². The number of aromatic nitrogens is 2. The molecule has 2 bridgehead atoms. The van der Waals surface area contributed by atoms with Gasteiger partial charge in [-0.3, -0.25) is 19.0 Å². The van der Waals surface area contributed by atoms with Gasteiger partial charge in [0.25, 0.3) is 5.91 Å². The van der Waals surface area contributed by atoms with E-state index >= 15 is 0 Å². The average molecular weight is 527 g/mol. The lowest BCUT2D eigenvalue weighted by atomic mass is 9.98. The fraction of sp³-hybridized carbons (Fsp3) is 0.643. The Hall–Kier alpha value is -3.14. The Labute approximate surface area is 223 Å². The van der Waals surface area contributed by atoms with Gasteiger partial charge in [0, 0.05) is 38.2 Å².